The number of ketones is 1. The standard InChI is InChI=1S/C24H21N3O3S/c1-3-16-4-6-17(7-5-16)20-13-31-23-22(20)24(30)27(14-25-23)12-21(29)18-8-10-19(11-9-18)26-15(2)28/h4-11,13-14H,3,12H2,1-2H3,(H,26,28). The molecule has 0 aliphatic carbocycles. The summed E-state index contributed by atoms with van der Waals surface area (Å²) >= 11 is 1.42. The molecule has 0 radical (unpaired) electrons. The van der Waals surface area contributed by atoms with Gasteiger partial charge in [-0.1, -0.05) is 31.2 Å². The molecule has 2 heterocycles. The minimum Gasteiger partial charge on any atom is -0.326 e. The molecule has 2 aromatic carbocycles. The third kappa shape index (κ3) is 4.32. The molecule has 4 rings (SSSR count). The van der Waals surface area contributed by atoms with Gasteiger partial charge in [0, 0.05) is 29.1 Å². The van der Waals surface area contributed by atoms with Gasteiger partial charge in [-0.25, -0.2) is 4.98 Å². The van der Waals surface area contributed by atoms with E-state index in [1.54, 1.807) is 24.3 Å². The van der Waals surface area contributed by atoms with Crippen molar-refractivity contribution in [2.75, 3.05) is 5.32 Å². The van der Waals surface area contributed by atoms with Crippen LogP contribution in [0.4, 0.5) is 5.69 Å². The van der Waals surface area contributed by atoms with Crippen molar-refractivity contribution < 1.29 is 9.59 Å². The summed E-state index contributed by atoms with van der Waals surface area (Å²) in [6, 6.07) is 14.7. The molecule has 0 bridgehead atoms. The quantitative estimate of drug-likeness (QED) is 0.455. The molecule has 4 aromatic rings. The monoisotopic (exact) mass is 431 g/mol. The fourth-order valence-electron chi connectivity index (χ4n) is 3.40. The van der Waals surface area contributed by atoms with Gasteiger partial charge in [-0.2, -0.15) is 0 Å². The average molecular weight is 432 g/mol. The van der Waals surface area contributed by atoms with Gasteiger partial charge in [0.25, 0.3) is 5.56 Å². The van der Waals surface area contributed by atoms with Gasteiger partial charge in [0.15, 0.2) is 5.78 Å². The van der Waals surface area contributed by atoms with Crippen molar-refractivity contribution in [3.05, 3.63) is 81.7 Å². The van der Waals surface area contributed by atoms with Crippen LogP contribution in [0.25, 0.3) is 21.3 Å². The van der Waals surface area contributed by atoms with Crippen molar-refractivity contribution in [1.29, 1.82) is 0 Å². The molecule has 1 N–H and O–H groups in total. The van der Waals surface area contributed by atoms with Gasteiger partial charge in [-0.3, -0.25) is 19.0 Å². The Morgan fingerprint density at radius 3 is 2.42 bits per heavy atom. The number of nitrogens with zero attached hydrogens (tertiary/aromatic N) is 2. The highest BCUT2D eigenvalue weighted by Gasteiger charge is 2.15. The minimum absolute atomic E-state index is 0.106. The lowest BCUT2D eigenvalue weighted by atomic mass is 10.0. The highest BCUT2D eigenvalue weighted by molar-refractivity contribution is 7.17. The van der Waals surface area contributed by atoms with Crippen LogP contribution in [0.2, 0.25) is 0 Å². The Labute approximate surface area is 183 Å². The molecule has 0 spiro atoms. The number of carbonyl (C=O) groups is 2. The summed E-state index contributed by atoms with van der Waals surface area (Å²) in [5.41, 5.74) is 3.86. The lowest BCUT2D eigenvalue weighted by Gasteiger charge is -2.07. The Bertz CT molecular complexity index is 1320. The molecule has 0 saturated carbocycles. The topological polar surface area (TPSA) is 81.1 Å². The number of benzene rings is 2. The van der Waals surface area contributed by atoms with Crippen molar-refractivity contribution in [2.45, 2.75) is 26.8 Å². The Hall–Kier alpha value is -3.58. The highest BCUT2D eigenvalue weighted by atomic mass is 32.1. The molecule has 2 aromatic heterocycles. The number of aromatic nitrogens is 2. The van der Waals surface area contributed by atoms with Gasteiger partial charge in [0.05, 0.1) is 18.3 Å². The molecule has 1 amide bonds. The molecular formula is C24H21N3O3S. The maximum Gasteiger partial charge on any atom is 0.263 e. The summed E-state index contributed by atoms with van der Waals surface area (Å²) in [4.78, 5) is 42.1. The summed E-state index contributed by atoms with van der Waals surface area (Å²) in [5.74, 6) is -0.386. The van der Waals surface area contributed by atoms with Crippen LogP contribution in [-0.2, 0) is 17.8 Å². The minimum atomic E-state index is -0.232. The predicted molar refractivity (Wildman–Crippen MR) is 124 cm³/mol. The Morgan fingerprint density at radius 2 is 1.77 bits per heavy atom. The van der Waals surface area contributed by atoms with Crippen LogP contribution >= 0.6 is 11.3 Å². The number of carbonyl (C=O) groups excluding carboxylic acids is 2. The maximum atomic E-state index is 13.2. The number of Topliss-reactive ketones (excluding diaryl/α,β-unsaturated/α-hetero) is 1. The second kappa shape index (κ2) is 8.65. The van der Waals surface area contributed by atoms with E-state index in [-0.39, 0.29) is 23.8 Å². The fourth-order valence-corrected chi connectivity index (χ4v) is 4.31. The summed E-state index contributed by atoms with van der Waals surface area (Å²) in [7, 11) is 0. The number of hydrogen-bond donors (Lipinski definition) is 1. The van der Waals surface area contributed by atoms with E-state index in [9.17, 15) is 14.4 Å². The van der Waals surface area contributed by atoms with Crippen LogP contribution in [0.1, 0.15) is 29.8 Å². The van der Waals surface area contributed by atoms with E-state index < -0.39 is 0 Å². The third-order valence-electron chi connectivity index (χ3n) is 5.08. The van der Waals surface area contributed by atoms with Gasteiger partial charge in [-0.15, -0.1) is 11.3 Å². The Kier molecular flexibility index (Phi) is 5.77. The van der Waals surface area contributed by atoms with Crippen molar-refractivity contribution in [2.24, 2.45) is 0 Å². The number of rotatable bonds is 6. The third-order valence-corrected chi connectivity index (χ3v) is 5.96. The van der Waals surface area contributed by atoms with Crippen LogP contribution in [0.3, 0.4) is 0 Å². The second-order valence-corrected chi connectivity index (χ2v) is 8.10. The average Bonchev–Trinajstić information content (AvgIpc) is 3.21. The summed E-state index contributed by atoms with van der Waals surface area (Å²) < 4.78 is 1.35. The molecule has 0 aliphatic rings. The van der Waals surface area contributed by atoms with Crippen molar-refractivity contribution >= 4 is 38.9 Å². The number of amides is 1. The smallest absolute Gasteiger partial charge is 0.263 e. The molecule has 0 aliphatic heterocycles. The largest absolute Gasteiger partial charge is 0.326 e. The predicted octanol–water partition coefficient (Wildman–Crippen LogP) is 4.53. The number of nitrogens with one attached hydrogen (secondary N) is 1. The first kappa shape index (κ1) is 20.7. The number of hydrogen-bond acceptors (Lipinski definition) is 5. The van der Waals surface area contributed by atoms with Gasteiger partial charge in [-0.05, 0) is 41.8 Å². The lowest BCUT2D eigenvalue weighted by molar-refractivity contribution is -0.114. The second-order valence-electron chi connectivity index (χ2n) is 7.24. The molecule has 156 valence electrons. The number of aryl methyl sites for hydroxylation is 1. The number of fused-ring (bicyclic) bond motifs is 1. The zero-order chi connectivity index (χ0) is 22.0. The SMILES string of the molecule is CCc1ccc(-c2csc3ncn(CC(=O)c4ccc(NC(C)=O)cc4)c(=O)c23)cc1. The zero-order valence-corrected chi connectivity index (χ0v) is 18.0. The van der Waals surface area contributed by atoms with Crippen LogP contribution in [0.15, 0.2) is 65.0 Å². The van der Waals surface area contributed by atoms with Crippen molar-refractivity contribution in [3.63, 3.8) is 0 Å². The maximum absolute atomic E-state index is 13.2. The van der Waals surface area contributed by atoms with Crippen LogP contribution in [0.5, 0.6) is 0 Å². The molecular weight excluding hydrogens is 410 g/mol. The number of anilines is 1. The van der Waals surface area contributed by atoms with E-state index in [4.69, 9.17) is 0 Å². The zero-order valence-electron chi connectivity index (χ0n) is 17.2. The van der Waals surface area contributed by atoms with E-state index in [2.05, 4.69) is 29.4 Å². The molecule has 0 atom stereocenters. The summed E-state index contributed by atoms with van der Waals surface area (Å²) in [5, 5.41) is 5.13. The van der Waals surface area contributed by atoms with Gasteiger partial charge >= 0.3 is 0 Å². The highest BCUT2D eigenvalue weighted by Crippen LogP contribution is 2.30. The van der Waals surface area contributed by atoms with E-state index in [0.29, 0.717) is 21.5 Å². The first-order valence-electron chi connectivity index (χ1n) is 9.93. The molecule has 31 heavy (non-hydrogen) atoms. The molecule has 0 fully saturated rings. The Morgan fingerprint density at radius 1 is 1.06 bits per heavy atom. The van der Waals surface area contributed by atoms with Crippen LogP contribution in [0, 0.1) is 0 Å². The fraction of sp³-hybridized carbons (Fsp3) is 0.167. The van der Waals surface area contributed by atoms with Crippen LogP contribution in [-0.4, -0.2) is 21.2 Å². The normalized spacial score (nSPS) is 10.9. The van der Waals surface area contributed by atoms with Crippen molar-refractivity contribution in [3.8, 4) is 11.1 Å². The van der Waals surface area contributed by atoms with Crippen molar-refractivity contribution in [1.82, 2.24) is 9.55 Å². The summed E-state index contributed by atoms with van der Waals surface area (Å²) in [6.07, 6.45) is 2.38. The van der Waals surface area contributed by atoms with Gasteiger partial charge in [0.2, 0.25) is 5.91 Å². The molecule has 6 nitrogen and oxygen atoms in total. The lowest BCUT2D eigenvalue weighted by Crippen LogP contribution is -2.24. The molecule has 0 unspecified atom stereocenters. The van der Waals surface area contributed by atoms with E-state index in [1.807, 2.05) is 17.5 Å². The van der Waals surface area contributed by atoms with Gasteiger partial charge in [0.1, 0.15) is 4.83 Å². The first-order valence-corrected chi connectivity index (χ1v) is 10.8. The molecule has 7 heteroatoms. The van der Waals surface area contributed by atoms with Gasteiger partial charge < -0.3 is 5.32 Å². The molecule has 0 saturated heterocycles. The first-order chi connectivity index (χ1) is 15.0. The van der Waals surface area contributed by atoms with Crippen LogP contribution < -0.4 is 10.9 Å². The van der Waals surface area contributed by atoms with E-state index in [0.717, 1.165) is 17.5 Å². The summed E-state index contributed by atoms with van der Waals surface area (Å²) in [6.45, 7) is 3.42. The Balaban J connectivity index is 1.64. The van der Waals surface area contributed by atoms with E-state index in [1.165, 1.54) is 34.7 Å². The van der Waals surface area contributed by atoms with E-state index >= 15 is 0 Å². The number of thiophene rings is 1.